The molecule has 0 aromatic heterocycles. The summed E-state index contributed by atoms with van der Waals surface area (Å²) in [6, 6.07) is 5.75. The van der Waals surface area contributed by atoms with Crippen LogP contribution in [0.25, 0.3) is 0 Å². The van der Waals surface area contributed by atoms with Gasteiger partial charge < -0.3 is 9.64 Å². The fourth-order valence-electron chi connectivity index (χ4n) is 2.50. The maximum absolute atomic E-state index is 12.4. The van der Waals surface area contributed by atoms with Crippen LogP contribution in [0.3, 0.4) is 0 Å². The number of rotatable bonds is 6. The van der Waals surface area contributed by atoms with E-state index in [2.05, 4.69) is 23.8 Å². The lowest BCUT2D eigenvalue weighted by Gasteiger charge is -2.31. The lowest BCUT2D eigenvalue weighted by Crippen LogP contribution is -2.46. The van der Waals surface area contributed by atoms with Gasteiger partial charge in [-0.05, 0) is 44.2 Å². The van der Waals surface area contributed by atoms with Crippen LogP contribution in [0.15, 0.2) is 18.2 Å². The van der Waals surface area contributed by atoms with Gasteiger partial charge in [0.25, 0.3) is 0 Å². The van der Waals surface area contributed by atoms with Crippen molar-refractivity contribution in [2.24, 2.45) is 0 Å². The van der Waals surface area contributed by atoms with Gasteiger partial charge in [0.05, 0.1) is 13.2 Å². The molecule has 0 unspecified atom stereocenters. The third kappa shape index (κ3) is 4.55. The number of hydrogen-bond donors (Lipinski definition) is 0. The lowest BCUT2D eigenvalue weighted by atomic mass is 10.1. The highest BCUT2D eigenvalue weighted by Gasteiger charge is 2.17. The molecule has 4 heteroatoms. The molecule has 1 saturated heterocycles. The average molecular weight is 290 g/mol. The van der Waals surface area contributed by atoms with Gasteiger partial charge in [0, 0.05) is 31.7 Å². The highest BCUT2D eigenvalue weighted by Crippen LogP contribution is 2.20. The van der Waals surface area contributed by atoms with Crippen LogP contribution in [0.1, 0.15) is 29.3 Å². The quantitative estimate of drug-likeness (QED) is 0.752. The van der Waals surface area contributed by atoms with Gasteiger partial charge >= 0.3 is 0 Å². The Morgan fingerprint density at radius 1 is 1.24 bits per heavy atom. The SMILES string of the molecule is CCCOc1ccc(C(=O)CN2CCN(C)CC2)cc1C. The summed E-state index contributed by atoms with van der Waals surface area (Å²) in [4.78, 5) is 16.9. The Kier molecular flexibility index (Phi) is 5.76. The molecule has 116 valence electrons. The van der Waals surface area contributed by atoms with Crippen LogP contribution in [-0.4, -0.2) is 62.0 Å². The van der Waals surface area contributed by atoms with Gasteiger partial charge in [-0.2, -0.15) is 0 Å². The predicted octanol–water partition coefficient (Wildman–Crippen LogP) is 2.21. The van der Waals surface area contributed by atoms with E-state index in [9.17, 15) is 4.79 Å². The summed E-state index contributed by atoms with van der Waals surface area (Å²) in [7, 11) is 2.12. The number of carbonyl (C=O) groups is 1. The van der Waals surface area contributed by atoms with E-state index in [4.69, 9.17) is 4.74 Å². The molecule has 0 aliphatic carbocycles. The van der Waals surface area contributed by atoms with E-state index in [0.29, 0.717) is 6.54 Å². The molecule has 0 atom stereocenters. The third-order valence-electron chi connectivity index (χ3n) is 3.92. The average Bonchev–Trinajstić information content (AvgIpc) is 2.48. The van der Waals surface area contributed by atoms with E-state index < -0.39 is 0 Å². The minimum Gasteiger partial charge on any atom is -0.493 e. The molecule has 1 aliphatic rings. The minimum absolute atomic E-state index is 0.199. The number of ether oxygens (including phenoxy) is 1. The summed E-state index contributed by atoms with van der Waals surface area (Å²) in [5.41, 5.74) is 1.82. The summed E-state index contributed by atoms with van der Waals surface area (Å²) in [5, 5.41) is 0. The molecule has 0 radical (unpaired) electrons. The van der Waals surface area contributed by atoms with Crippen molar-refractivity contribution in [2.45, 2.75) is 20.3 Å². The molecule has 0 N–H and O–H groups in total. The normalized spacial score (nSPS) is 16.9. The predicted molar refractivity (Wildman–Crippen MR) is 85.2 cm³/mol. The fourth-order valence-corrected chi connectivity index (χ4v) is 2.50. The molecule has 0 spiro atoms. The first-order valence-electron chi connectivity index (χ1n) is 7.77. The van der Waals surface area contributed by atoms with Gasteiger partial charge in [0.2, 0.25) is 0 Å². The minimum atomic E-state index is 0.199. The van der Waals surface area contributed by atoms with Crippen LogP contribution in [-0.2, 0) is 0 Å². The molecule has 21 heavy (non-hydrogen) atoms. The van der Waals surface area contributed by atoms with Crippen LogP contribution in [0.4, 0.5) is 0 Å². The zero-order valence-electron chi connectivity index (χ0n) is 13.4. The van der Waals surface area contributed by atoms with Crippen molar-refractivity contribution >= 4 is 5.78 Å². The van der Waals surface area contributed by atoms with Crippen LogP contribution < -0.4 is 4.74 Å². The van der Waals surface area contributed by atoms with Crippen LogP contribution in [0.5, 0.6) is 5.75 Å². The number of aryl methyl sites for hydroxylation is 1. The number of benzene rings is 1. The molecular weight excluding hydrogens is 264 g/mol. The Hall–Kier alpha value is -1.39. The first kappa shape index (κ1) is 16.0. The van der Waals surface area contributed by atoms with E-state index in [1.54, 1.807) is 0 Å². The maximum atomic E-state index is 12.4. The summed E-state index contributed by atoms with van der Waals surface area (Å²) >= 11 is 0. The van der Waals surface area contributed by atoms with Gasteiger partial charge in [-0.3, -0.25) is 9.69 Å². The number of nitrogens with zero attached hydrogens (tertiary/aromatic N) is 2. The van der Waals surface area contributed by atoms with E-state index >= 15 is 0 Å². The Labute approximate surface area is 127 Å². The van der Waals surface area contributed by atoms with Crippen LogP contribution >= 0.6 is 0 Å². The highest BCUT2D eigenvalue weighted by atomic mass is 16.5. The lowest BCUT2D eigenvalue weighted by molar-refractivity contribution is 0.0876. The van der Waals surface area contributed by atoms with Gasteiger partial charge in [0.1, 0.15) is 5.75 Å². The highest BCUT2D eigenvalue weighted by molar-refractivity contribution is 5.98. The number of likely N-dealkylation sites (N-methyl/N-ethyl adjacent to an activating group) is 1. The van der Waals surface area contributed by atoms with Crippen LogP contribution in [0, 0.1) is 6.92 Å². The molecule has 1 aromatic rings. The first-order chi connectivity index (χ1) is 10.1. The summed E-state index contributed by atoms with van der Waals surface area (Å²) in [5.74, 6) is 1.08. The Morgan fingerprint density at radius 3 is 2.57 bits per heavy atom. The third-order valence-corrected chi connectivity index (χ3v) is 3.92. The Balaban J connectivity index is 1.94. The molecule has 0 saturated carbocycles. The molecule has 1 aromatic carbocycles. The number of Topliss-reactive ketones (excluding diaryl/α,β-unsaturated/α-hetero) is 1. The Morgan fingerprint density at radius 2 is 1.95 bits per heavy atom. The summed E-state index contributed by atoms with van der Waals surface area (Å²) < 4.78 is 5.66. The number of hydrogen-bond acceptors (Lipinski definition) is 4. The fraction of sp³-hybridized carbons (Fsp3) is 0.588. The Bertz CT molecular complexity index is 480. The second kappa shape index (κ2) is 7.57. The molecule has 0 amide bonds. The standard InChI is InChI=1S/C17H26N2O2/c1-4-11-21-17-6-5-15(12-14(17)2)16(20)13-19-9-7-18(3)8-10-19/h5-6,12H,4,7-11,13H2,1-3H3. The smallest absolute Gasteiger partial charge is 0.176 e. The second-order valence-electron chi connectivity index (χ2n) is 5.83. The van der Waals surface area contributed by atoms with Gasteiger partial charge in [-0.1, -0.05) is 6.92 Å². The molecule has 1 fully saturated rings. The number of ketones is 1. The van der Waals surface area contributed by atoms with E-state index in [0.717, 1.165) is 56.1 Å². The second-order valence-corrected chi connectivity index (χ2v) is 5.83. The molecule has 2 rings (SSSR count). The van der Waals surface area contributed by atoms with Gasteiger partial charge in [0.15, 0.2) is 5.78 Å². The monoisotopic (exact) mass is 290 g/mol. The van der Waals surface area contributed by atoms with Gasteiger partial charge in [-0.25, -0.2) is 0 Å². The van der Waals surface area contributed by atoms with Crippen molar-refractivity contribution in [1.29, 1.82) is 0 Å². The van der Waals surface area contributed by atoms with Crippen molar-refractivity contribution in [1.82, 2.24) is 9.80 Å². The van der Waals surface area contributed by atoms with Crippen molar-refractivity contribution in [3.8, 4) is 5.75 Å². The zero-order chi connectivity index (χ0) is 15.2. The maximum Gasteiger partial charge on any atom is 0.176 e. The first-order valence-corrected chi connectivity index (χ1v) is 7.77. The molecule has 1 aliphatic heterocycles. The van der Waals surface area contributed by atoms with E-state index in [1.807, 2.05) is 25.1 Å². The largest absolute Gasteiger partial charge is 0.493 e. The van der Waals surface area contributed by atoms with Crippen LogP contribution in [0.2, 0.25) is 0 Å². The summed E-state index contributed by atoms with van der Waals surface area (Å²) in [6.45, 7) is 9.34. The molecule has 1 heterocycles. The molecule has 4 nitrogen and oxygen atoms in total. The topological polar surface area (TPSA) is 32.8 Å². The number of carbonyl (C=O) groups excluding carboxylic acids is 1. The van der Waals surface area contributed by atoms with Crippen molar-refractivity contribution < 1.29 is 9.53 Å². The van der Waals surface area contributed by atoms with Crippen molar-refractivity contribution in [3.05, 3.63) is 29.3 Å². The van der Waals surface area contributed by atoms with Gasteiger partial charge in [-0.15, -0.1) is 0 Å². The van der Waals surface area contributed by atoms with Crippen molar-refractivity contribution in [2.75, 3.05) is 46.4 Å². The summed E-state index contributed by atoms with van der Waals surface area (Å²) in [6.07, 6.45) is 0.990. The van der Waals surface area contributed by atoms with E-state index in [1.165, 1.54) is 0 Å². The number of piperazine rings is 1. The zero-order valence-corrected chi connectivity index (χ0v) is 13.4. The van der Waals surface area contributed by atoms with Crippen molar-refractivity contribution in [3.63, 3.8) is 0 Å². The molecule has 0 bridgehead atoms. The van der Waals surface area contributed by atoms with E-state index in [-0.39, 0.29) is 5.78 Å². The molecular formula is C17H26N2O2.